The Hall–Kier alpha value is -1.67. The highest BCUT2D eigenvalue weighted by atomic mass is 32.1. The summed E-state index contributed by atoms with van der Waals surface area (Å²) in [7, 11) is 1.72. The number of rotatable bonds is 11. The molecule has 36 heavy (non-hydrogen) atoms. The molecule has 0 radical (unpaired) electrons. The number of thiophene rings is 1. The van der Waals surface area contributed by atoms with Crippen LogP contribution in [0.2, 0.25) is 0 Å². The average Bonchev–Trinajstić information content (AvgIpc) is 3.36. The van der Waals surface area contributed by atoms with Crippen molar-refractivity contribution >= 4 is 27.5 Å². The number of unbranched alkanes of at least 4 members (excludes halogenated alkanes) is 1. The first-order valence-electron chi connectivity index (χ1n) is 13.9. The van der Waals surface area contributed by atoms with Gasteiger partial charge in [-0.15, -0.1) is 11.3 Å². The molecule has 5 N–H and O–H groups in total. The van der Waals surface area contributed by atoms with Crippen molar-refractivity contribution in [2.45, 2.75) is 94.7 Å². The highest BCUT2D eigenvalue weighted by molar-refractivity contribution is 7.17. The molecule has 7 heteroatoms. The van der Waals surface area contributed by atoms with Crippen molar-refractivity contribution in [2.75, 3.05) is 20.3 Å². The lowest BCUT2D eigenvalue weighted by Crippen LogP contribution is -2.57. The third-order valence-corrected chi connectivity index (χ3v) is 9.58. The second kappa shape index (κ2) is 12.7. The van der Waals surface area contributed by atoms with Gasteiger partial charge < -0.3 is 26.2 Å². The van der Waals surface area contributed by atoms with Crippen LogP contribution in [0, 0.1) is 11.8 Å². The van der Waals surface area contributed by atoms with Gasteiger partial charge in [0.25, 0.3) is 0 Å². The molecule has 1 saturated heterocycles. The number of hydrogen-bond acceptors (Lipinski definition) is 5. The number of hydrogen-bond donors (Lipinski definition) is 3. The number of fused-ring (bicyclic) bond motifs is 1. The molecule has 1 aliphatic heterocycles. The average molecular weight is 516 g/mol. The van der Waals surface area contributed by atoms with Crippen molar-refractivity contribution in [1.82, 2.24) is 4.90 Å². The molecule has 1 aromatic carbocycles. The molecule has 2 fully saturated rings. The van der Waals surface area contributed by atoms with Crippen molar-refractivity contribution in [3.8, 4) is 0 Å². The fourth-order valence-electron chi connectivity index (χ4n) is 6.97. The van der Waals surface area contributed by atoms with Gasteiger partial charge in [-0.2, -0.15) is 0 Å². The number of ether oxygens (including phenoxy) is 1. The molecule has 1 saturated carbocycles. The maximum Gasteiger partial charge on any atom is 0.315 e. The van der Waals surface area contributed by atoms with Crippen LogP contribution in [-0.2, 0) is 10.3 Å². The van der Waals surface area contributed by atoms with Gasteiger partial charge in [-0.25, -0.2) is 4.79 Å². The van der Waals surface area contributed by atoms with Crippen LogP contribution in [0.5, 0.6) is 0 Å². The molecular formula is C29H45N3O3S. The molecule has 2 heterocycles. The summed E-state index contributed by atoms with van der Waals surface area (Å²) in [4.78, 5) is 14.4. The first kappa shape index (κ1) is 27.4. The van der Waals surface area contributed by atoms with Crippen LogP contribution in [0.25, 0.3) is 10.1 Å². The Morgan fingerprint density at radius 1 is 1.17 bits per heavy atom. The maximum absolute atomic E-state index is 12.7. The number of carbonyl (C=O) groups is 1. The van der Waals surface area contributed by atoms with Crippen LogP contribution in [-0.4, -0.2) is 48.4 Å². The third kappa shape index (κ3) is 6.24. The Balaban J connectivity index is 1.66. The number of piperidine rings is 1. The van der Waals surface area contributed by atoms with Crippen molar-refractivity contribution in [2.24, 2.45) is 23.3 Å². The minimum atomic E-state index is -1.07. The summed E-state index contributed by atoms with van der Waals surface area (Å²) in [6.07, 6.45) is 12.1. The van der Waals surface area contributed by atoms with E-state index < -0.39 is 11.6 Å². The Morgan fingerprint density at radius 3 is 2.72 bits per heavy atom. The standard InChI is InChI=1S/C29H45N3O3S/c1-35-17-6-5-15-29(34,24-11-7-13-27-23(24)14-18-36-27)25-12-8-16-32(28(31)33)26(25)20-22(30)19-21-9-3-2-4-10-21/h7,11,13-14,18,21-22,25-26,34H,2-6,8-10,12,15-17,19-20,30H2,1H3,(H2,31,33)/t22-,25?,26?,29+/m0/s1. The van der Waals surface area contributed by atoms with Crippen LogP contribution in [0.4, 0.5) is 4.79 Å². The molecule has 2 amide bonds. The second-order valence-electron chi connectivity index (χ2n) is 11.1. The topological polar surface area (TPSA) is 102 Å². The lowest BCUT2D eigenvalue weighted by molar-refractivity contribution is -0.0813. The van der Waals surface area contributed by atoms with E-state index in [0.29, 0.717) is 31.9 Å². The number of nitrogens with zero attached hydrogens (tertiary/aromatic N) is 1. The van der Waals surface area contributed by atoms with Crippen molar-refractivity contribution < 1.29 is 14.6 Å². The number of likely N-dealkylation sites (tertiary alicyclic amines) is 1. The van der Waals surface area contributed by atoms with Crippen molar-refractivity contribution in [3.05, 3.63) is 35.2 Å². The van der Waals surface area contributed by atoms with Crippen LogP contribution >= 0.6 is 11.3 Å². The smallest absolute Gasteiger partial charge is 0.315 e. The van der Waals surface area contributed by atoms with Crippen LogP contribution in [0.3, 0.4) is 0 Å². The van der Waals surface area contributed by atoms with Gasteiger partial charge in [0.1, 0.15) is 0 Å². The van der Waals surface area contributed by atoms with Crippen LogP contribution in [0.15, 0.2) is 29.6 Å². The number of benzene rings is 1. The molecule has 6 nitrogen and oxygen atoms in total. The van der Waals surface area contributed by atoms with Crippen LogP contribution in [0.1, 0.15) is 82.6 Å². The summed E-state index contributed by atoms with van der Waals surface area (Å²) < 4.78 is 6.47. The second-order valence-corrected chi connectivity index (χ2v) is 12.0. The molecule has 4 rings (SSSR count). The quantitative estimate of drug-likeness (QED) is 0.332. The zero-order valence-electron chi connectivity index (χ0n) is 21.9. The third-order valence-electron chi connectivity index (χ3n) is 8.70. The number of primary amides is 1. The van der Waals surface area contributed by atoms with Gasteiger partial charge in [-0.05, 0) is 79.3 Å². The molecule has 2 aromatic rings. The lowest BCUT2D eigenvalue weighted by atomic mass is 9.68. The van der Waals surface area contributed by atoms with Crippen molar-refractivity contribution in [1.29, 1.82) is 0 Å². The molecule has 2 aliphatic rings. The number of aliphatic hydroxyl groups is 1. The van der Waals surface area contributed by atoms with E-state index in [1.807, 2.05) is 11.0 Å². The van der Waals surface area contributed by atoms with Gasteiger partial charge >= 0.3 is 6.03 Å². The van der Waals surface area contributed by atoms with E-state index in [1.54, 1.807) is 18.4 Å². The first-order chi connectivity index (χ1) is 17.4. The molecule has 4 atom stereocenters. The molecule has 0 spiro atoms. The number of methoxy groups -OCH3 is 1. The van der Waals surface area contributed by atoms with E-state index in [9.17, 15) is 9.90 Å². The molecule has 1 aromatic heterocycles. The number of carbonyl (C=O) groups excluding carboxylic acids is 1. The highest BCUT2D eigenvalue weighted by Gasteiger charge is 2.47. The monoisotopic (exact) mass is 515 g/mol. The molecule has 200 valence electrons. The molecular weight excluding hydrogens is 470 g/mol. The SMILES string of the molecule is COCCCC[C@@](O)(c1cccc2sccc12)C1CCCN(C(N)=O)C1C[C@@H](N)CC1CCCCC1. The number of urea groups is 1. The van der Waals surface area contributed by atoms with E-state index in [-0.39, 0.29) is 18.0 Å². The summed E-state index contributed by atoms with van der Waals surface area (Å²) in [6.45, 7) is 1.31. The zero-order valence-corrected chi connectivity index (χ0v) is 22.7. The maximum atomic E-state index is 12.7. The highest BCUT2D eigenvalue weighted by Crippen LogP contribution is 2.46. The Bertz CT molecular complexity index is 976. The summed E-state index contributed by atoms with van der Waals surface area (Å²) in [6, 6.07) is 7.79. The summed E-state index contributed by atoms with van der Waals surface area (Å²) in [5.41, 5.74) is 12.6. The van der Waals surface area contributed by atoms with E-state index in [0.717, 1.165) is 43.1 Å². The van der Waals surface area contributed by atoms with Crippen molar-refractivity contribution in [3.63, 3.8) is 0 Å². The van der Waals surface area contributed by atoms with E-state index in [1.165, 1.54) is 36.8 Å². The minimum absolute atomic E-state index is 0.00442. The van der Waals surface area contributed by atoms with Gasteiger partial charge in [0.2, 0.25) is 0 Å². The Kier molecular flexibility index (Phi) is 9.67. The van der Waals surface area contributed by atoms with E-state index in [4.69, 9.17) is 16.2 Å². The lowest BCUT2D eigenvalue weighted by Gasteiger charge is -2.49. The summed E-state index contributed by atoms with van der Waals surface area (Å²) in [5.74, 6) is 0.550. The van der Waals surface area contributed by atoms with Gasteiger partial charge in [0.15, 0.2) is 0 Å². The summed E-state index contributed by atoms with van der Waals surface area (Å²) in [5, 5.41) is 15.9. The predicted molar refractivity (Wildman–Crippen MR) is 148 cm³/mol. The zero-order chi connectivity index (χ0) is 25.5. The first-order valence-corrected chi connectivity index (χ1v) is 14.8. The fourth-order valence-corrected chi connectivity index (χ4v) is 7.78. The molecule has 2 unspecified atom stereocenters. The fraction of sp³-hybridized carbons (Fsp3) is 0.690. The summed E-state index contributed by atoms with van der Waals surface area (Å²) >= 11 is 1.70. The van der Waals surface area contributed by atoms with Gasteiger partial charge in [-0.3, -0.25) is 0 Å². The van der Waals surface area contributed by atoms with Gasteiger partial charge in [-0.1, -0.05) is 44.2 Å². The normalized spacial score (nSPS) is 24.0. The minimum Gasteiger partial charge on any atom is -0.385 e. The molecule has 1 aliphatic carbocycles. The van der Waals surface area contributed by atoms with E-state index >= 15 is 0 Å². The van der Waals surface area contributed by atoms with E-state index in [2.05, 4.69) is 23.6 Å². The number of amides is 2. The van der Waals surface area contributed by atoms with Crippen LogP contribution < -0.4 is 11.5 Å². The number of nitrogens with two attached hydrogens (primary N) is 2. The van der Waals surface area contributed by atoms with Gasteiger partial charge in [0, 0.05) is 43.0 Å². The Labute approximate surface area is 220 Å². The van der Waals surface area contributed by atoms with Gasteiger partial charge in [0.05, 0.1) is 5.60 Å². The molecule has 0 bridgehead atoms. The Morgan fingerprint density at radius 2 is 1.97 bits per heavy atom. The predicted octanol–water partition coefficient (Wildman–Crippen LogP) is 5.75. The largest absolute Gasteiger partial charge is 0.385 e.